The molecule has 5 nitrogen and oxygen atoms in total. The lowest BCUT2D eigenvalue weighted by atomic mass is 9.87. The molecule has 1 amide bonds. The minimum atomic E-state index is -0.183. The van der Waals surface area contributed by atoms with Crippen molar-refractivity contribution in [3.05, 3.63) is 56.0 Å². The minimum Gasteiger partial charge on any atom is -0.493 e. The van der Waals surface area contributed by atoms with Gasteiger partial charge in [0.2, 0.25) is 0 Å². The van der Waals surface area contributed by atoms with Gasteiger partial charge < -0.3 is 19.5 Å². The first-order chi connectivity index (χ1) is 14.7. The molecule has 1 aliphatic rings. The SMILES string of the molecule is COc1cc(/C=C2\SC(=S)NC2=O)cc(I)c1OCCOc1ccc(C(C)(C)C)cc1. The Morgan fingerprint density at radius 2 is 1.81 bits per heavy atom. The van der Waals surface area contributed by atoms with E-state index in [4.69, 9.17) is 26.4 Å². The van der Waals surface area contributed by atoms with Gasteiger partial charge in [-0.25, -0.2) is 0 Å². The summed E-state index contributed by atoms with van der Waals surface area (Å²) >= 11 is 8.48. The number of hydrogen-bond acceptors (Lipinski definition) is 6. The first-order valence-electron chi connectivity index (χ1n) is 9.66. The maximum absolute atomic E-state index is 11.9. The lowest BCUT2D eigenvalue weighted by Gasteiger charge is -2.19. The van der Waals surface area contributed by atoms with Crippen LogP contribution >= 0.6 is 46.6 Å². The maximum atomic E-state index is 11.9. The van der Waals surface area contributed by atoms with E-state index in [1.165, 1.54) is 17.3 Å². The summed E-state index contributed by atoms with van der Waals surface area (Å²) in [7, 11) is 1.59. The van der Waals surface area contributed by atoms with E-state index in [1.54, 1.807) is 13.2 Å². The number of amides is 1. The summed E-state index contributed by atoms with van der Waals surface area (Å²) in [4.78, 5) is 12.5. The minimum absolute atomic E-state index is 0.114. The van der Waals surface area contributed by atoms with Gasteiger partial charge in [-0.15, -0.1) is 0 Å². The highest BCUT2D eigenvalue weighted by atomic mass is 127. The van der Waals surface area contributed by atoms with Gasteiger partial charge in [-0.1, -0.05) is 56.9 Å². The van der Waals surface area contributed by atoms with Crippen LogP contribution in [0.4, 0.5) is 0 Å². The van der Waals surface area contributed by atoms with Gasteiger partial charge in [0.25, 0.3) is 5.91 Å². The van der Waals surface area contributed by atoms with Crippen molar-refractivity contribution in [2.24, 2.45) is 0 Å². The van der Waals surface area contributed by atoms with Crippen LogP contribution in [-0.2, 0) is 10.2 Å². The molecular formula is C23H24INO4S2. The molecule has 1 fully saturated rings. The Kier molecular flexibility index (Phi) is 7.87. The Bertz CT molecular complexity index is 1010. The molecule has 1 heterocycles. The van der Waals surface area contributed by atoms with E-state index < -0.39 is 0 Å². The highest BCUT2D eigenvalue weighted by molar-refractivity contribution is 14.1. The number of hydrogen-bond donors (Lipinski definition) is 1. The number of carbonyl (C=O) groups excluding carboxylic acids is 1. The van der Waals surface area contributed by atoms with Crippen molar-refractivity contribution in [3.8, 4) is 17.2 Å². The molecule has 1 saturated heterocycles. The highest BCUT2D eigenvalue weighted by Gasteiger charge is 2.22. The molecule has 1 N–H and O–H groups in total. The summed E-state index contributed by atoms with van der Waals surface area (Å²) < 4.78 is 18.6. The lowest BCUT2D eigenvalue weighted by molar-refractivity contribution is -0.115. The van der Waals surface area contributed by atoms with Crippen molar-refractivity contribution in [2.45, 2.75) is 26.2 Å². The quantitative estimate of drug-likeness (QED) is 0.205. The van der Waals surface area contributed by atoms with Gasteiger partial charge in [0.15, 0.2) is 11.5 Å². The van der Waals surface area contributed by atoms with Crippen LogP contribution in [0, 0.1) is 3.57 Å². The molecule has 0 aliphatic carbocycles. The van der Waals surface area contributed by atoms with Gasteiger partial charge in [-0.05, 0) is 69.5 Å². The zero-order chi connectivity index (χ0) is 22.6. The molecule has 0 radical (unpaired) electrons. The van der Waals surface area contributed by atoms with Gasteiger partial charge in [0.05, 0.1) is 15.6 Å². The summed E-state index contributed by atoms with van der Waals surface area (Å²) in [6.45, 7) is 7.34. The van der Waals surface area contributed by atoms with Crippen LogP contribution in [0.25, 0.3) is 6.08 Å². The van der Waals surface area contributed by atoms with Gasteiger partial charge in [0.1, 0.15) is 23.3 Å². The smallest absolute Gasteiger partial charge is 0.263 e. The molecule has 164 valence electrons. The van der Waals surface area contributed by atoms with E-state index in [2.05, 4.69) is 60.8 Å². The van der Waals surface area contributed by atoms with E-state index in [0.717, 1.165) is 14.9 Å². The van der Waals surface area contributed by atoms with Crippen molar-refractivity contribution in [3.63, 3.8) is 0 Å². The Hall–Kier alpha value is -1.78. The number of thiocarbonyl (C=S) groups is 1. The molecule has 2 aromatic carbocycles. The summed E-state index contributed by atoms with van der Waals surface area (Å²) in [5, 5.41) is 2.62. The topological polar surface area (TPSA) is 56.8 Å². The normalized spacial score (nSPS) is 15.2. The fourth-order valence-electron chi connectivity index (χ4n) is 2.89. The Morgan fingerprint density at radius 3 is 2.39 bits per heavy atom. The van der Waals surface area contributed by atoms with Crippen LogP contribution in [0.5, 0.6) is 17.2 Å². The number of halogens is 1. The fourth-order valence-corrected chi connectivity index (χ4v) is 4.72. The van der Waals surface area contributed by atoms with Gasteiger partial charge >= 0.3 is 0 Å². The van der Waals surface area contributed by atoms with Crippen molar-refractivity contribution in [1.29, 1.82) is 0 Å². The molecule has 8 heteroatoms. The van der Waals surface area contributed by atoms with Crippen LogP contribution < -0.4 is 19.5 Å². The number of methoxy groups -OCH3 is 1. The maximum Gasteiger partial charge on any atom is 0.263 e. The number of carbonyl (C=O) groups is 1. The highest BCUT2D eigenvalue weighted by Crippen LogP contribution is 2.36. The average Bonchev–Trinajstić information content (AvgIpc) is 3.02. The van der Waals surface area contributed by atoms with E-state index >= 15 is 0 Å². The van der Waals surface area contributed by atoms with Crippen LogP contribution in [0.15, 0.2) is 41.3 Å². The second kappa shape index (κ2) is 10.2. The molecular weight excluding hydrogens is 545 g/mol. The number of ether oxygens (including phenoxy) is 3. The first-order valence-corrected chi connectivity index (χ1v) is 12.0. The van der Waals surface area contributed by atoms with E-state index in [0.29, 0.717) is 33.9 Å². The molecule has 0 saturated carbocycles. The molecule has 0 bridgehead atoms. The largest absolute Gasteiger partial charge is 0.493 e. The van der Waals surface area contributed by atoms with Crippen LogP contribution in [0.3, 0.4) is 0 Å². The van der Waals surface area contributed by atoms with Crippen molar-refractivity contribution in [1.82, 2.24) is 5.32 Å². The van der Waals surface area contributed by atoms with Crippen molar-refractivity contribution in [2.75, 3.05) is 20.3 Å². The lowest BCUT2D eigenvalue weighted by Crippen LogP contribution is -2.17. The summed E-state index contributed by atoms with van der Waals surface area (Å²) in [5.41, 5.74) is 2.22. The van der Waals surface area contributed by atoms with E-state index in [9.17, 15) is 4.79 Å². The van der Waals surface area contributed by atoms with E-state index in [1.807, 2.05) is 24.3 Å². The summed E-state index contributed by atoms with van der Waals surface area (Å²) in [6, 6.07) is 11.9. The molecule has 3 rings (SSSR count). The third-order valence-electron chi connectivity index (χ3n) is 4.51. The second-order valence-electron chi connectivity index (χ2n) is 7.86. The third-order valence-corrected chi connectivity index (χ3v) is 6.47. The average molecular weight is 569 g/mol. The standard InChI is InChI=1S/C23H24INO4S2/c1-23(2,3)15-5-7-16(8-6-15)28-9-10-29-20-17(24)11-14(12-18(20)27-4)13-19-21(26)25-22(30)31-19/h5-8,11-13H,9-10H2,1-4H3,(H,25,26,30)/b19-13-. The van der Waals surface area contributed by atoms with E-state index in [-0.39, 0.29) is 11.3 Å². The van der Waals surface area contributed by atoms with Crippen molar-refractivity contribution < 1.29 is 19.0 Å². The zero-order valence-electron chi connectivity index (χ0n) is 17.8. The number of thioether (sulfide) groups is 1. The monoisotopic (exact) mass is 569 g/mol. The predicted molar refractivity (Wildman–Crippen MR) is 138 cm³/mol. The van der Waals surface area contributed by atoms with Gasteiger partial charge in [-0.3, -0.25) is 4.79 Å². The van der Waals surface area contributed by atoms with Crippen LogP contribution in [0.2, 0.25) is 0 Å². The summed E-state index contributed by atoms with van der Waals surface area (Å²) in [5.74, 6) is 1.87. The fraction of sp³-hybridized carbons (Fsp3) is 0.304. The number of nitrogens with one attached hydrogen (secondary N) is 1. The summed E-state index contributed by atoms with van der Waals surface area (Å²) in [6.07, 6.45) is 1.79. The van der Waals surface area contributed by atoms with Crippen molar-refractivity contribution >= 4 is 62.9 Å². The molecule has 0 aromatic heterocycles. The van der Waals surface area contributed by atoms with Gasteiger partial charge in [0, 0.05) is 0 Å². The zero-order valence-corrected chi connectivity index (χ0v) is 21.6. The van der Waals surface area contributed by atoms with Crippen LogP contribution in [0.1, 0.15) is 31.9 Å². The molecule has 0 spiro atoms. The third kappa shape index (κ3) is 6.36. The second-order valence-corrected chi connectivity index (χ2v) is 10.7. The van der Waals surface area contributed by atoms with Crippen LogP contribution in [-0.4, -0.2) is 30.6 Å². The molecule has 2 aromatic rings. The number of rotatable bonds is 7. The Labute approximate surface area is 206 Å². The molecule has 31 heavy (non-hydrogen) atoms. The van der Waals surface area contributed by atoms with Gasteiger partial charge in [-0.2, -0.15) is 0 Å². The Morgan fingerprint density at radius 1 is 1.13 bits per heavy atom. The first kappa shape index (κ1) is 23.9. The predicted octanol–water partition coefficient (Wildman–Crippen LogP) is 5.54. The Balaban J connectivity index is 1.62. The molecule has 0 atom stereocenters. The molecule has 1 aliphatic heterocycles. The number of benzene rings is 2. The molecule has 0 unspecified atom stereocenters.